The fraction of sp³-hybridized carbons (Fsp3) is 0.833. The van der Waals surface area contributed by atoms with E-state index in [1.54, 1.807) is 6.92 Å². The smallest absolute Gasteiger partial charge is 0.263 e. The summed E-state index contributed by atoms with van der Waals surface area (Å²) < 4.78 is 4.73. The highest BCUT2D eigenvalue weighted by atomic mass is 16.6. The minimum atomic E-state index is -1.49. The molecule has 0 heterocycles. The quantitative estimate of drug-likeness (QED) is 0.426. The third-order valence-electron chi connectivity index (χ3n) is 0.835. The van der Waals surface area contributed by atoms with Gasteiger partial charge in [-0.05, 0) is 6.92 Å². The highest BCUT2D eigenvalue weighted by Crippen LogP contribution is 2.05. The van der Waals surface area contributed by atoms with Gasteiger partial charge in [0.1, 0.15) is 0 Å². The van der Waals surface area contributed by atoms with Crippen LogP contribution in [0.4, 0.5) is 0 Å². The molecule has 0 saturated heterocycles. The van der Waals surface area contributed by atoms with Gasteiger partial charge in [0.25, 0.3) is 5.91 Å². The maximum atomic E-state index is 9.11. The lowest BCUT2D eigenvalue weighted by Crippen LogP contribution is -2.26. The lowest BCUT2D eigenvalue weighted by Gasteiger charge is -2.17. The molecule has 0 saturated carbocycles. The second-order valence-corrected chi connectivity index (χ2v) is 1.89. The van der Waals surface area contributed by atoms with Crippen molar-refractivity contribution < 1.29 is 14.9 Å². The molecule has 0 aliphatic rings. The molecule has 2 N–H and O–H groups in total. The van der Waals surface area contributed by atoms with Crippen molar-refractivity contribution in [2.45, 2.75) is 19.8 Å². The molecule has 0 aliphatic heterocycles. The van der Waals surface area contributed by atoms with E-state index in [1.165, 1.54) is 13.1 Å². The van der Waals surface area contributed by atoms with Gasteiger partial charge in [0.15, 0.2) is 0 Å². The first kappa shape index (κ1) is 9.55. The normalized spacial score (nSPS) is 17.6. The number of hydrogen-bond donors (Lipinski definition) is 2. The second kappa shape index (κ2) is 4.38. The molecule has 0 radical (unpaired) electrons. The van der Waals surface area contributed by atoms with Crippen LogP contribution in [0.2, 0.25) is 0 Å². The fourth-order valence-corrected chi connectivity index (χ4v) is 0.516. The van der Waals surface area contributed by atoms with Crippen molar-refractivity contribution in [1.29, 1.82) is 0 Å². The zero-order chi connectivity index (χ0) is 8.04. The SMILES string of the molecule is CC=NC(C)(O)OCCO. The molecule has 0 spiro atoms. The van der Waals surface area contributed by atoms with E-state index in [9.17, 15) is 0 Å². The summed E-state index contributed by atoms with van der Waals surface area (Å²) in [5, 5.41) is 17.4. The topological polar surface area (TPSA) is 62.1 Å². The zero-order valence-corrected chi connectivity index (χ0v) is 6.24. The van der Waals surface area contributed by atoms with Gasteiger partial charge in [-0.15, -0.1) is 0 Å². The van der Waals surface area contributed by atoms with Crippen LogP contribution in [0.25, 0.3) is 0 Å². The monoisotopic (exact) mass is 147 g/mol. The molecular formula is C6H13NO3. The van der Waals surface area contributed by atoms with Gasteiger partial charge in [-0.1, -0.05) is 0 Å². The summed E-state index contributed by atoms with van der Waals surface area (Å²) in [4.78, 5) is 3.59. The Morgan fingerprint density at radius 1 is 1.70 bits per heavy atom. The minimum Gasteiger partial charge on any atom is -0.394 e. The van der Waals surface area contributed by atoms with Crippen molar-refractivity contribution in [3.8, 4) is 0 Å². The number of aliphatic imine (C=N–C) groups is 1. The Kier molecular flexibility index (Phi) is 4.18. The van der Waals surface area contributed by atoms with Crippen molar-refractivity contribution in [2.75, 3.05) is 13.2 Å². The summed E-state index contributed by atoms with van der Waals surface area (Å²) in [5.41, 5.74) is 0. The van der Waals surface area contributed by atoms with Crippen molar-refractivity contribution in [1.82, 2.24) is 0 Å². The molecule has 4 nitrogen and oxygen atoms in total. The number of hydrogen-bond acceptors (Lipinski definition) is 4. The Balaban J connectivity index is 3.63. The van der Waals surface area contributed by atoms with Gasteiger partial charge in [-0.25, -0.2) is 4.99 Å². The predicted octanol–water partition coefficient (Wildman–Crippen LogP) is -0.248. The molecule has 0 aromatic carbocycles. The van der Waals surface area contributed by atoms with Gasteiger partial charge >= 0.3 is 0 Å². The van der Waals surface area contributed by atoms with Crippen LogP contribution in [0, 0.1) is 0 Å². The Morgan fingerprint density at radius 2 is 2.30 bits per heavy atom. The van der Waals surface area contributed by atoms with Crippen LogP contribution in [0.3, 0.4) is 0 Å². The van der Waals surface area contributed by atoms with Crippen LogP contribution in [-0.2, 0) is 4.74 Å². The van der Waals surface area contributed by atoms with Gasteiger partial charge in [-0.3, -0.25) is 0 Å². The lowest BCUT2D eigenvalue weighted by molar-refractivity contribution is -0.187. The molecule has 0 aliphatic carbocycles. The van der Waals surface area contributed by atoms with Crippen LogP contribution in [0.5, 0.6) is 0 Å². The molecular weight excluding hydrogens is 134 g/mol. The summed E-state index contributed by atoms with van der Waals surface area (Å²) in [6, 6.07) is 0. The molecule has 0 rings (SSSR count). The molecule has 1 atom stereocenters. The van der Waals surface area contributed by atoms with Gasteiger partial charge in [0.2, 0.25) is 0 Å². The summed E-state index contributed by atoms with van der Waals surface area (Å²) in [6.45, 7) is 3.05. The molecule has 4 heteroatoms. The predicted molar refractivity (Wildman–Crippen MR) is 37.8 cm³/mol. The standard InChI is InChI=1S/C6H13NO3/c1-3-7-6(2,9)10-5-4-8/h3,8-9H,4-5H2,1-2H3. The molecule has 0 aromatic rings. The number of aliphatic hydroxyl groups is 2. The Bertz CT molecular complexity index is 112. The molecule has 0 aromatic heterocycles. The summed E-state index contributed by atoms with van der Waals surface area (Å²) in [6.07, 6.45) is 1.44. The zero-order valence-electron chi connectivity index (χ0n) is 6.24. The van der Waals surface area contributed by atoms with Crippen LogP contribution >= 0.6 is 0 Å². The van der Waals surface area contributed by atoms with Crippen LogP contribution in [0.1, 0.15) is 13.8 Å². The summed E-state index contributed by atoms with van der Waals surface area (Å²) >= 11 is 0. The van der Waals surface area contributed by atoms with E-state index in [1.807, 2.05) is 0 Å². The molecule has 10 heavy (non-hydrogen) atoms. The van der Waals surface area contributed by atoms with E-state index in [0.717, 1.165) is 0 Å². The lowest BCUT2D eigenvalue weighted by atomic mass is 10.5. The Labute approximate surface area is 60.2 Å². The van der Waals surface area contributed by atoms with Crippen LogP contribution in [-0.4, -0.2) is 35.6 Å². The Hall–Kier alpha value is -0.450. The third kappa shape index (κ3) is 4.43. The summed E-state index contributed by atoms with van der Waals surface area (Å²) in [7, 11) is 0. The first-order valence-electron chi connectivity index (χ1n) is 3.09. The average molecular weight is 147 g/mol. The molecule has 0 bridgehead atoms. The van der Waals surface area contributed by atoms with E-state index in [0.29, 0.717) is 0 Å². The minimum absolute atomic E-state index is 0.0876. The number of ether oxygens (including phenoxy) is 1. The van der Waals surface area contributed by atoms with Crippen molar-refractivity contribution in [3.05, 3.63) is 0 Å². The highest BCUT2D eigenvalue weighted by molar-refractivity contribution is 5.53. The molecule has 60 valence electrons. The number of aliphatic hydroxyl groups excluding tert-OH is 1. The van der Waals surface area contributed by atoms with E-state index < -0.39 is 5.91 Å². The molecule has 0 fully saturated rings. The highest BCUT2D eigenvalue weighted by Gasteiger charge is 2.16. The van der Waals surface area contributed by atoms with Crippen LogP contribution < -0.4 is 0 Å². The van der Waals surface area contributed by atoms with Gasteiger partial charge in [0.05, 0.1) is 13.2 Å². The van der Waals surface area contributed by atoms with Gasteiger partial charge in [-0.2, -0.15) is 0 Å². The van der Waals surface area contributed by atoms with E-state index in [-0.39, 0.29) is 13.2 Å². The maximum absolute atomic E-state index is 9.11. The summed E-state index contributed by atoms with van der Waals surface area (Å²) in [5.74, 6) is -1.49. The van der Waals surface area contributed by atoms with E-state index in [2.05, 4.69) is 4.99 Å². The first-order valence-corrected chi connectivity index (χ1v) is 3.09. The van der Waals surface area contributed by atoms with Crippen molar-refractivity contribution in [2.24, 2.45) is 4.99 Å². The third-order valence-corrected chi connectivity index (χ3v) is 0.835. The van der Waals surface area contributed by atoms with Crippen LogP contribution in [0.15, 0.2) is 4.99 Å². The van der Waals surface area contributed by atoms with Gasteiger partial charge < -0.3 is 14.9 Å². The Morgan fingerprint density at radius 3 is 2.70 bits per heavy atom. The van der Waals surface area contributed by atoms with Gasteiger partial charge in [0, 0.05) is 13.1 Å². The van der Waals surface area contributed by atoms with Crippen molar-refractivity contribution >= 4 is 6.21 Å². The average Bonchev–Trinajstić information content (AvgIpc) is 1.84. The molecule has 0 amide bonds. The van der Waals surface area contributed by atoms with E-state index in [4.69, 9.17) is 14.9 Å². The number of nitrogens with zero attached hydrogens (tertiary/aromatic N) is 1. The number of rotatable bonds is 4. The first-order chi connectivity index (χ1) is 4.62. The van der Waals surface area contributed by atoms with Crippen molar-refractivity contribution in [3.63, 3.8) is 0 Å². The maximum Gasteiger partial charge on any atom is 0.263 e. The fourth-order valence-electron chi connectivity index (χ4n) is 0.516. The molecule has 1 unspecified atom stereocenters. The van der Waals surface area contributed by atoms with E-state index >= 15 is 0 Å². The largest absolute Gasteiger partial charge is 0.394 e. The second-order valence-electron chi connectivity index (χ2n) is 1.89.